The van der Waals surface area contributed by atoms with Crippen LogP contribution in [-0.2, 0) is 10.8 Å². The van der Waals surface area contributed by atoms with E-state index in [4.69, 9.17) is 10.1 Å². The van der Waals surface area contributed by atoms with Gasteiger partial charge in [-0.2, -0.15) is 0 Å². The van der Waals surface area contributed by atoms with Crippen molar-refractivity contribution in [2.45, 2.75) is 52.4 Å². The molecule has 234 valence electrons. The first-order chi connectivity index (χ1) is 21.1. The SMILES string of the molecule is CC(C)(C)c1ccc2nc3sc(C(=O)O)cc3cc2c1.CN(C)CCNC(=O)c1cc2cc3cc(C(C)(C)C)ccc3nc2s1. The van der Waals surface area contributed by atoms with Gasteiger partial charge in [-0.1, -0.05) is 53.7 Å². The van der Waals surface area contributed by atoms with Crippen molar-refractivity contribution < 1.29 is 14.7 Å². The first-order valence-electron chi connectivity index (χ1n) is 14.9. The molecule has 0 bridgehead atoms. The van der Waals surface area contributed by atoms with Gasteiger partial charge in [0.15, 0.2) is 0 Å². The number of nitrogens with one attached hydrogen (secondary N) is 1. The summed E-state index contributed by atoms with van der Waals surface area (Å²) in [5.41, 5.74) is 4.61. The lowest BCUT2D eigenvalue weighted by Gasteiger charge is -2.19. The van der Waals surface area contributed by atoms with Gasteiger partial charge in [0.1, 0.15) is 14.5 Å². The van der Waals surface area contributed by atoms with E-state index in [0.29, 0.717) is 16.3 Å². The minimum atomic E-state index is -0.896. The van der Waals surface area contributed by atoms with E-state index in [9.17, 15) is 9.59 Å². The van der Waals surface area contributed by atoms with Gasteiger partial charge in [0.25, 0.3) is 5.91 Å². The van der Waals surface area contributed by atoms with Gasteiger partial charge in [-0.15, -0.1) is 22.7 Å². The molecule has 0 aliphatic carbocycles. The molecule has 0 fully saturated rings. The van der Waals surface area contributed by atoms with Crippen LogP contribution in [0.25, 0.3) is 42.2 Å². The lowest BCUT2D eigenvalue weighted by Crippen LogP contribution is -2.30. The molecule has 0 aliphatic rings. The molecule has 45 heavy (non-hydrogen) atoms. The van der Waals surface area contributed by atoms with E-state index in [1.54, 1.807) is 6.07 Å². The highest BCUT2D eigenvalue weighted by molar-refractivity contribution is 7.20. The third-order valence-corrected chi connectivity index (χ3v) is 9.69. The predicted octanol–water partition coefficient (Wildman–Crippen LogP) is 8.48. The molecule has 7 nitrogen and oxygen atoms in total. The van der Waals surface area contributed by atoms with E-state index in [1.165, 1.54) is 33.8 Å². The van der Waals surface area contributed by atoms with Gasteiger partial charge < -0.3 is 15.3 Å². The van der Waals surface area contributed by atoms with Crippen molar-refractivity contribution in [1.29, 1.82) is 0 Å². The Morgan fingerprint density at radius 2 is 1.18 bits per heavy atom. The predicted molar refractivity (Wildman–Crippen MR) is 189 cm³/mol. The normalized spacial score (nSPS) is 12.2. The van der Waals surface area contributed by atoms with E-state index >= 15 is 0 Å². The van der Waals surface area contributed by atoms with Crippen LogP contribution in [0.2, 0.25) is 0 Å². The van der Waals surface area contributed by atoms with Crippen LogP contribution in [0.4, 0.5) is 0 Å². The van der Waals surface area contributed by atoms with Crippen LogP contribution in [0.5, 0.6) is 0 Å². The Morgan fingerprint density at radius 1 is 0.711 bits per heavy atom. The molecule has 0 aliphatic heterocycles. The lowest BCUT2D eigenvalue weighted by molar-refractivity contribution is 0.0702. The number of amides is 1. The highest BCUT2D eigenvalue weighted by atomic mass is 32.1. The second kappa shape index (κ2) is 12.5. The zero-order chi connectivity index (χ0) is 32.7. The van der Waals surface area contributed by atoms with Gasteiger partial charge in [-0.05, 0) is 84.6 Å². The van der Waals surface area contributed by atoms with Gasteiger partial charge in [0.2, 0.25) is 0 Å². The van der Waals surface area contributed by atoms with Gasteiger partial charge in [0, 0.05) is 34.6 Å². The quantitative estimate of drug-likeness (QED) is 0.196. The first kappa shape index (κ1) is 32.5. The van der Waals surface area contributed by atoms with Crippen molar-refractivity contribution in [3.8, 4) is 0 Å². The molecule has 2 aromatic carbocycles. The number of benzene rings is 2. The molecule has 1 amide bonds. The van der Waals surface area contributed by atoms with Crippen LogP contribution in [-0.4, -0.2) is 59.0 Å². The highest BCUT2D eigenvalue weighted by Crippen LogP contribution is 2.32. The summed E-state index contributed by atoms with van der Waals surface area (Å²) in [5, 5.41) is 16.1. The number of hydrogen-bond acceptors (Lipinski definition) is 7. The Hall–Kier alpha value is -3.92. The number of hydrogen-bond donors (Lipinski definition) is 2. The fraction of sp³-hybridized carbons (Fsp3) is 0.333. The molecule has 0 spiro atoms. The summed E-state index contributed by atoms with van der Waals surface area (Å²) in [6.45, 7) is 14.6. The van der Waals surface area contributed by atoms with Crippen molar-refractivity contribution in [2.75, 3.05) is 27.2 Å². The third kappa shape index (κ3) is 7.49. The maximum Gasteiger partial charge on any atom is 0.345 e. The van der Waals surface area contributed by atoms with E-state index < -0.39 is 5.97 Å². The van der Waals surface area contributed by atoms with Gasteiger partial charge in [0.05, 0.1) is 15.9 Å². The number of carboxylic acid groups (broad SMARTS) is 1. The number of aromatic nitrogens is 2. The minimum Gasteiger partial charge on any atom is -0.477 e. The molecule has 0 saturated heterocycles. The molecule has 0 saturated carbocycles. The van der Waals surface area contributed by atoms with Crippen LogP contribution < -0.4 is 5.32 Å². The zero-order valence-electron chi connectivity index (χ0n) is 27.1. The zero-order valence-corrected chi connectivity index (χ0v) is 28.7. The number of carbonyl (C=O) groups is 2. The molecule has 6 aromatic rings. The Kier molecular flexibility index (Phi) is 8.99. The molecular formula is C36H40N4O3S2. The molecule has 2 N–H and O–H groups in total. The summed E-state index contributed by atoms with van der Waals surface area (Å²) in [6.07, 6.45) is 0. The number of rotatable bonds is 5. The van der Waals surface area contributed by atoms with E-state index in [0.717, 1.165) is 48.8 Å². The molecule has 0 unspecified atom stereocenters. The van der Waals surface area contributed by atoms with Crippen LogP contribution in [0, 0.1) is 0 Å². The van der Waals surface area contributed by atoms with Crippen molar-refractivity contribution >= 4 is 76.8 Å². The lowest BCUT2D eigenvalue weighted by atomic mass is 9.86. The van der Waals surface area contributed by atoms with Crippen LogP contribution in [0.1, 0.15) is 72.0 Å². The van der Waals surface area contributed by atoms with E-state index in [2.05, 4.69) is 88.2 Å². The molecule has 0 radical (unpaired) electrons. The van der Waals surface area contributed by atoms with Gasteiger partial charge in [-0.25, -0.2) is 14.8 Å². The number of aromatic carboxylic acids is 1. The monoisotopic (exact) mass is 640 g/mol. The second-order valence-corrected chi connectivity index (χ2v) is 15.7. The standard InChI is InChI=1S/C20H25N3OS.C16H15NO2S/c1-20(2,3)15-6-7-16-13(11-15)10-14-12-17(25-19(14)22-16)18(24)21-8-9-23(4)5;1-16(2,3)11-4-5-12-9(7-11)6-10-8-13(15(18)19)20-14(10)17-12/h6-7,10-12H,8-9H2,1-5H3,(H,21,24);4-8H,1-3H3,(H,18,19). The molecule has 0 atom stereocenters. The number of nitrogens with zero attached hydrogens (tertiary/aromatic N) is 3. The fourth-order valence-corrected chi connectivity index (χ4v) is 6.70. The Labute approximate surface area is 271 Å². The van der Waals surface area contributed by atoms with E-state index in [-0.39, 0.29) is 16.7 Å². The minimum absolute atomic E-state index is 0.0238. The van der Waals surface area contributed by atoms with Crippen LogP contribution >= 0.6 is 22.7 Å². The smallest absolute Gasteiger partial charge is 0.345 e. The summed E-state index contributed by atoms with van der Waals surface area (Å²) in [4.78, 5) is 37.4. The summed E-state index contributed by atoms with van der Waals surface area (Å²) in [7, 11) is 3.99. The Morgan fingerprint density at radius 3 is 1.62 bits per heavy atom. The number of pyridine rings is 2. The number of carbonyl (C=O) groups excluding carboxylic acids is 1. The Balaban J connectivity index is 0.000000182. The van der Waals surface area contributed by atoms with Gasteiger partial charge >= 0.3 is 5.97 Å². The van der Waals surface area contributed by atoms with Crippen molar-refractivity contribution in [2.24, 2.45) is 0 Å². The highest BCUT2D eigenvalue weighted by Gasteiger charge is 2.17. The maximum absolute atomic E-state index is 12.3. The Bertz CT molecular complexity index is 2050. The summed E-state index contributed by atoms with van der Waals surface area (Å²) >= 11 is 2.67. The summed E-state index contributed by atoms with van der Waals surface area (Å²) in [5.74, 6) is -0.920. The van der Waals surface area contributed by atoms with E-state index in [1.807, 2.05) is 37.2 Å². The fourth-order valence-electron chi connectivity index (χ4n) is 4.90. The summed E-state index contributed by atoms with van der Waals surface area (Å²) < 4.78 is 0. The van der Waals surface area contributed by atoms with Gasteiger partial charge in [-0.3, -0.25) is 4.79 Å². The number of carboxylic acids is 1. The molecule has 9 heteroatoms. The van der Waals surface area contributed by atoms with Crippen molar-refractivity contribution in [3.63, 3.8) is 0 Å². The molecule has 6 rings (SSSR count). The third-order valence-electron chi connectivity index (χ3n) is 7.61. The first-order valence-corrected chi connectivity index (χ1v) is 16.6. The number of likely N-dealkylation sites (N-methyl/N-ethyl adjacent to an activating group) is 1. The molecule has 4 aromatic heterocycles. The molecule has 4 heterocycles. The summed E-state index contributed by atoms with van der Waals surface area (Å²) in [6, 6.07) is 20.5. The average molecular weight is 641 g/mol. The topological polar surface area (TPSA) is 95.4 Å². The second-order valence-electron chi connectivity index (χ2n) is 13.7. The number of fused-ring (bicyclic) bond motifs is 4. The largest absolute Gasteiger partial charge is 0.477 e. The average Bonchev–Trinajstić information content (AvgIpc) is 3.57. The van der Waals surface area contributed by atoms with Crippen molar-refractivity contribution in [1.82, 2.24) is 20.2 Å². The van der Waals surface area contributed by atoms with Crippen LogP contribution in [0.3, 0.4) is 0 Å². The van der Waals surface area contributed by atoms with Crippen molar-refractivity contribution in [3.05, 3.63) is 81.5 Å². The molecular weight excluding hydrogens is 601 g/mol. The van der Waals surface area contributed by atoms with Crippen LogP contribution in [0.15, 0.2) is 60.7 Å². The maximum atomic E-state index is 12.3. The number of thiophene rings is 2.